The molecule has 3 saturated carbocycles. The van der Waals surface area contributed by atoms with Crippen molar-refractivity contribution in [3.63, 3.8) is 0 Å². The Morgan fingerprint density at radius 1 is 1.05 bits per heavy atom. The number of halogens is 1. The van der Waals surface area contributed by atoms with Crippen molar-refractivity contribution in [1.82, 2.24) is 0 Å². The molecule has 3 fully saturated rings. The highest BCUT2D eigenvalue weighted by atomic mass is 79.9. The Hall–Kier alpha value is 0.140. The molecule has 0 heterocycles. The monoisotopic (exact) mass is 368 g/mol. The molecule has 0 aromatic heterocycles. The molecule has 0 aromatic rings. The fraction of sp³-hybridized carbons (Fsp3) is 0.895. The van der Waals surface area contributed by atoms with Gasteiger partial charge in [0.25, 0.3) is 0 Å². The van der Waals surface area contributed by atoms with Crippen LogP contribution in [-0.4, -0.2) is 27.2 Å². The van der Waals surface area contributed by atoms with Gasteiger partial charge < -0.3 is 10.2 Å². The van der Waals surface area contributed by atoms with Crippen LogP contribution in [-0.2, 0) is 0 Å². The molecule has 0 aromatic carbocycles. The third kappa shape index (κ3) is 1.97. The Balaban J connectivity index is 1.67. The first-order valence-corrected chi connectivity index (χ1v) is 9.97. The summed E-state index contributed by atoms with van der Waals surface area (Å²) in [6, 6.07) is 0. The molecule has 0 unspecified atom stereocenters. The zero-order valence-corrected chi connectivity index (χ0v) is 15.3. The number of alkyl halides is 1. The molecule has 2 N–H and O–H groups in total. The lowest BCUT2D eigenvalue weighted by Gasteiger charge is -2.59. The molecule has 22 heavy (non-hydrogen) atoms. The maximum Gasteiger partial charge on any atom is 0.0724 e. The molecular formula is C19H29BrO2. The average molecular weight is 369 g/mol. The van der Waals surface area contributed by atoms with Crippen molar-refractivity contribution in [1.29, 1.82) is 0 Å². The van der Waals surface area contributed by atoms with Gasteiger partial charge in [-0.15, -0.1) is 0 Å². The zero-order valence-electron chi connectivity index (χ0n) is 13.7. The maximum atomic E-state index is 10.7. The molecule has 0 saturated heterocycles. The van der Waals surface area contributed by atoms with Crippen LogP contribution < -0.4 is 0 Å². The standard InChI is InChI=1S/C19H29BrO2/c1-18-7-5-12(21)9-11(18)3-4-13-14(18)6-8-19(2)15(13)10-16(20)17(19)22/h5,7,11-17,21-22H,3-4,6,8-10H2,1-2H3/t11-,12-,13+,14-,15-,16+,17-,18-,19-/m0/s1. The highest BCUT2D eigenvalue weighted by molar-refractivity contribution is 9.09. The number of aliphatic hydroxyl groups is 2. The van der Waals surface area contributed by atoms with E-state index in [4.69, 9.17) is 0 Å². The summed E-state index contributed by atoms with van der Waals surface area (Å²) in [5.74, 6) is 2.78. The van der Waals surface area contributed by atoms with Gasteiger partial charge in [-0.1, -0.05) is 41.9 Å². The SMILES string of the molecule is C[C@]12C=C[C@H](O)C[C@@H]1CC[C@@H]1[C@@H]2CC[C@]2(C)[C@@H](O)[C@H](Br)C[C@@H]12. The van der Waals surface area contributed by atoms with Crippen LogP contribution in [0.15, 0.2) is 12.2 Å². The molecule has 0 aliphatic heterocycles. The molecule has 0 amide bonds. The van der Waals surface area contributed by atoms with E-state index in [2.05, 4.69) is 35.9 Å². The maximum absolute atomic E-state index is 10.7. The Labute approximate surface area is 142 Å². The normalized spacial score (nSPS) is 60.5. The lowest BCUT2D eigenvalue weighted by molar-refractivity contribution is -0.0991. The smallest absolute Gasteiger partial charge is 0.0724 e. The first kappa shape index (κ1) is 15.7. The van der Waals surface area contributed by atoms with E-state index in [0.29, 0.717) is 11.8 Å². The summed E-state index contributed by atoms with van der Waals surface area (Å²) in [5.41, 5.74) is 0.370. The van der Waals surface area contributed by atoms with E-state index in [1.807, 2.05) is 6.08 Å². The minimum absolute atomic E-state index is 0.108. The minimum atomic E-state index is -0.233. The van der Waals surface area contributed by atoms with Crippen LogP contribution in [0.25, 0.3) is 0 Å². The Morgan fingerprint density at radius 3 is 2.59 bits per heavy atom. The van der Waals surface area contributed by atoms with Gasteiger partial charge in [0.05, 0.1) is 12.2 Å². The van der Waals surface area contributed by atoms with Crippen molar-refractivity contribution < 1.29 is 10.2 Å². The number of hydrogen-bond acceptors (Lipinski definition) is 2. The molecular weight excluding hydrogens is 340 g/mol. The van der Waals surface area contributed by atoms with Gasteiger partial charge in [-0.3, -0.25) is 0 Å². The van der Waals surface area contributed by atoms with Crippen LogP contribution in [0.4, 0.5) is 0 Å². The second-order valence-electron chi connectivity index (χ2n) is 8.92. The molecule has 4 rings (SSSR count). The van der Waals surface area contributed by atoms with E-state index < -0.39 is 0 Å². The summed E-state index contributed by atoms with van der Waals surface area (Å²) in [5, 5.41) is 20.7. The molecule has 2 nitrogen and oxygen atoms in total. The largest absolute Gasteiger partial charge is 0.391 e. The van der Waals surface area contributed by atoms with E-state index in [-0.39, 0.29) is 27.9 Å². The fourth-order valence-corrected chi connectivity index (χ4v) is 7.74. The van der Waals surface area contributed by atoms with Crippen LogP contribution >= 0.6 is 15.9 Å². The number of allylic oxidation sites excluding steroid dienone is 1. The Morgan fingerprint density at radius 2 is 1.82 bits per heavy atom. The highest BCUT2D eigenvalue weighted by Crippen LogP contribution is 2.65. The van der Waals surface area contributed by atoms with Gasteiger partial charge in [-0.2, -0.15) is 0 Å². The predicted molar refractivity (Wildman–Crippen MR) is 91.7 cm³/mol. The molecule has 4 aliphatic rings. The topological polar surface area (TPSA) is 40.5 Å². The number of hydrogen-bond donors (Lipinski definition) is 2. The first-order valence-electron chi connectivity index (χ1n) is 9.06. The van der Waals surface area contributed by atoms with Gasteiger partial charge >= 0.3 is 0 Å². The summed E-state index contributed by atoms with van der Waals surface area (Å²) in [6.07, 6.45) is 11.0. The van der Waals surface area contributed by atoms with Crippen LogP contribution in [0.2, 0.25) is 0 Å². The van der Waals surface area contributed by atoms with E-state index in [0.717, 1.165) is 31.1 Å². The third-order valence-electron chi connectivity index (χ3n) is 8.10. The summed E-state index contributed by atoms with van der Waals surface area (Å²) in [4.78, 5) is 0.274. The van der Waals surface area contributed by atoms with Crippen molar-refractivity contribution in [3.05, 3.63) is 12.2 Å². The summed E-state index contributed by atoms with van der Waals surface area (Å²) in [6.45, 7) is 4.77. The van der Waals surface area contributed by atoms with E-state index in [1.165, 1.54) is 19.3 Å². The predicted octanol–water partition coefficient (Wildman–Crippen LogP) is 3.90. The van der Waals surface area contributed by atoms with Crippen LogP contribution in [0, 0.1) is 34.5 Å². The van der Waals surface area contributed by atoms with E-state index in [1.54, 1.807) is 0 Å². The third-order valence-corrected chi connectivity index (χ3v) is 8.98. The van der Waals surface area contributed by atoms with Crippen molar-refractivity contribution >= 4 is 15.9 Å². The van der Waals surface area contributed by atoms with Crippen LogP contribution in [0.3, 0.4) is 0 Å². The quantitative estimate of drug-likeness (QED) is 0.502. The summed E-state index contributed by atoms with van der Waals surface area (Å²) >= 11 is 3.74. The minimum Gasteiger partial charge on any atom is -0.391 e. The van der Waals surface area contributed by atoms with Gasteiger partial charge in [-0.05, 0) is 73.0 Å². The van der Waals surface area contributed by atoms with Crippen molar-refractivity contribution in [2.24, 2.45) is 34.5 Å². The first-order chi connectivity index (χ1) is 10.4. The van der Waals surface area contributed by atoms with E-state index in [9.17, 15) is 10.2 Å². The van der Waals surface area contributed by atoms with Gasteiger partial charge in [0, 0.05) is 4.83 Å². The molecule has 0 radical (unpaired) electrons. The van der Waals surface area contributed by atoms with Gasteiger partial charge in [-0.25, -0.2) is 0 Å². The number of fused-ring (bicyclic) bond motifs is 5. The molecule has 3 heteroatoms. The van der Waals surface area contributed by atoms with E-state index >= 15 is 0 Å². The zero-order chi connectivity index (χ0) is 15.7. The Kier molecular flexibility index (Phi) is 3.61. The van der Waals surface area contributed by atoms with Crippen molar-refractivity contribution in [2.45, 2.75) is 69.4 Å². The van der Waals surface area contributed by atoms with Gasteiger partial charge in [0.15, 0.2) is 0 Å². The van der Waals surface area contributed by atoms with Crippen molar-refractivity contribution in [3.8, 4) is 0 Å². The Bertz CT molecular complexity index is 492. The molecule has 0 bridgehead atoms. The lowest BCUT2D eigenvalue weighted by atomic mass is 9.46. The molecule has 0 spiro atoms. The second-order valence-corrected chi connectivity index (χ2v) is 10.1. The molecule has 124 valence electrons. The van der Waals surface area contributed by atoms with Crippen LogP contribution in [0.5, 0.6) is 0 Å². The average Bonchev–Trinajstić information content (AvgIpc) is 2.72. The van der Waals surface area contributed by atoms with Gasteiger partial charge in [0.2, 0.25) is 0 Å². The lowest BCUT2D eigenvalue weighted by Crippen LogP contribution is -2.53. The summed E-state index contributed by atoms with van der Waals surface area (Å²) < 4.78 is 0. The van der Waals surface area contributed by atoms with Gasteiger partial charge in [0.1, 0.15) is 0 Å². The number of aliphatic hydroxyl groups excluding tert-OH is 2. The summed E-state index contributed by atoms with van der Waals surface area (Å²) in [7, 11) is 0. The fourth-order valence-electron chi connectivity index (χ4n) is 6.73. The van der Waals surface area contributed by atoms with Crippen molar-refractivity contribution in [2.75, 3.05) is 0 Å². The molecule has 4 aliphatic carbocycles. The number of rotatable bonds is 0. The highest BCUT2D eigenvalue weighted by Gasteiger charge is 2.61. The second kappa shape index (κ2) is 5.07. The molecule has 9 atom stereocenters. The van der Waals surface area contributed by atoms with Crippen LogP contribution in [0.1, 0.15) is 52.4 Å².